The van der Waals surface area contributed by atoms with Crippen LogP contribution in [0.4, 0.5) is 5.69 Å². The van der Waals surface area contributed by atoms with Gasteiger partial charge < -0.3 is 15.1 Å². The molecule has 3 aromatic rings. The second kappa shape index (κ2) is 11.2. The van der Waals surface area contributed by atoms with Gasteiger partial charge in [-0.05, 0) is 53.3 Å². The number of aryl methyl sites for hydroxylation is 1. The smallest absolute Gasteiger partial charge is 0.324 e. The minimum Gasteiger partial charge on any atom is -0.324 e. The third-order valence-electron chi connectivity index (χ3n) is 5.40. The van der Waals surface area contributed by atoms with Gasteiger partial charge in [0.25, 0.3) is 5.91 Å². The number of anilines is 1. The van der Waals surface area contributed by atoms with Crippen LogP contribution in [0.25, 0.3) is 11.1 Å². The number of benzene rings is 3. The van der Waals surface area contributed by atoms with E-state index in [1.54, 1.807) is 36.4 Å². The van der Waals surface area contributed by atoms with Gasteiger partial charge in [0, 0.05) is 11.3 Å². The number of hydrogen-bond acceptors (Lipinski definition) is 2. The van der Waals surface area contributed by atoms with Gasteiger partial charge in [0.1, 0.15) is 0 Å². The number of nitrogens with one attached hydrogen (secondary N) is 1. The summed E-state index contributed by atoms with van der Waals surface area (Å²) in [4.78, 5) is 31.2. The Morgan fingerprint density at radius 1 is 0.844 bits per heavy atom. The number of amides is 1. The number of carbonyl (C=O) groups excluding carboxylic acids is 1. The zero-order valence-electron chi connectivity index (χ0n) is 18.3. The lowest BCUT2D eigenvalue weighted by molar-refractivity contribution is 0.102. The maximum Gasteiger partial charge on any atom is 0.329 e. The molecule has 0 spiro atoms. The van der Waals surface area contributed by atoms with Crippen molar-refractivity contribution in [3.05, 3.63) is 89.5 Å². The van der Waals surface area contributed by atoms with E-state index in [-0.39, 0.29) is 5.91 Å². The van der Waals surface area contributed by atoms with E-state index >= 15 is 0 Å². The Kier molecular flexibility index (Phi) is 8.40. The average Bonchev–Trinajstić information content (AvgIpc) is 2.78. The molecule has 32 heavy (non-hydrogen) atoms. The van der Waals surface area contributed by atoms with Crippen molar-refractivity contribution in [2.45, 2.75) is 45.2 Å². The van der Waals surface area contributed by atoms with E-state index in [4.69, 9.17) is 0 Å². The molecule has 0 aliphatic heterocycles. The van der Waals surface area contributed by atoms with Crippen LogP contribution < -0.4 is 5.32 Å². The minimum atomic E-state index is -4.24. The van der Waals surface area contributed by atoms with E-state index in [1.165, 1.54) is 31.2 Å². The minimum absolute atomic E-state index is 0.322. The van der Waals surface area contributed by atoms with E-state index in [2.05, 4.69) is 36.5 Å². The summed E-state index contributed by atoms with van der Waals surface area (Å²) in [5.74, 6) is -0.322. The Balaban J connectivity index is 1.65. The average molecular weight is 452 g/mol. The highest BCUT2D eigenvalue weighted by Gasteiger charge is 2.17. The predicted octanol–water partition coefficient (Wildman–Crippen LogP) is 6.41. The molecule has 0 saturated heterocycles. The maximum absolute atomic E-state index is 12.7. The van der Waals surface area contributed by atoms with E-state index < -0.39 is 13.8 Å². The lowest BCUT2D eigenvalue weighted by atomic mass is 10.00. The van der Waals surface area contributed by atoms with Crippen molar-refractivity contribution in [3.8, 4) is 11.1 Å². The molecule has 0 heterocycles. The molecule has 1 amide bonds. The topological polar surface area (TPSA) is 86.6 Å². The van der Waals surface area contributed by atoms with Crippen molar-refractivity contribution in [2.24, 2.45) is 0 Å². The molecular weight excluding hydrogens is 421 g/mol. The Morgan fingerprint density at radius 3 is 2.09 bits per heavy atom. The fourth-order valence-electron chi connectivity index (χ4n) is 3.63. The molecule has 0 saturated carbocycles. The predicted molar refractivity (Wildman–Crippen MR) is 130 cm³/mol. The zero-order valence-corrected chi connectivity index (χ0v) is 19.2. The summed E-state index contributed by atoms with van der Waals surface area (Å²) in [6, 6.07) is 22.5. The molecule has 0 bridgehead atoms. The number of unbranched alkanes of at least 4 members (excludes halogenated alkanes) is 3. The molecular formula is C26H30NO4P. The monoisotopic (exact) mass is 451 g/mol. The molecule has 0 atom stereocenters. The summed E-state index contributed by atoms with van der Waals surface area (Å²) < 4.78 is 11.4. The number of hydrogen-bond donors (Lipinski definition) is 3. The fraction of sp³-hybridized carbons (Fsp3) is 0.269. The van der Waals surface area contributed by atoms with Crippen LogP contribution in [0, 0.1) is 0 Å². The van der Waals surface area contributed by atoms with E-state index in [1.807, 2.05) is 12.1 Å². The molecule has 0 fully saturated rings. The van der Waals surface area contributed by atoms with Crippen LogP contribution in [0.3, 0.4) is 0 Å². The molecule has 0 unspecified atom stereocenters. The van der Waals surface area contributed by atoms with Crippen molar-refractivity contribution in [1.82, 2.24) is 0 Å². The van der Waals surface area contributed by atoms with E-state index in [0.29, 0.717) is 16.8 Å². The highest BCUT2D eigenvalue weighted by Crippen LogP contribution is 2.41. The summed E-state index contributed by atoms with van der Waals surface area (Å²) in [5.41, 5.74) is 4.75. The first-order chi connectivity index (χ1) is 15.4. The van der Waals surface area contributed by atoms with Crippen LogP contribution in [0.5, 0.6) is 0 Å². The van der Waals surface area contributed by atoms with E-state index in [0.717, 1.165) is 17.5 Å². The van der Waals surface area contributed by atoms with Crippen molar-refractivity contribution in [1.29, 1.82) is 0 Å². The van der Waals surface area contributed by atoms with E-state index in [9.17, 15) is 19.1 Å². The third kappa shape index (κ3) is 7.16. The van der Waals surface area contributed by atoms with Crippen molar-refractivity contribution < 1.29 is 19.1 Å². The van der Waals surface area contributed by atoms with Crippen LogP contribution >= 0.6 is 7.60 Å². The summed E-state index contributed by atoms with van der Waals surface area (Å²) in [7, 11) is -4.24. The van der Waals surface area contributed by atoms with Gasteiger partial charge in [0.15, 0.2) is 0 Å². The molecule has 0 aliphatic carbocycles. The normalized spacial score (nSPS) is 11.3. The van der Waals surface area contributed by atoms with Crippen molar-refractivity contribution >= 4 is 19.2 Å². The quantitative estimate of drug-likeness (QED) is 0.246. The summed E-state index contributed by atoms with van der Waals surface area (Å²) >= 11 is 0. The molecule has 6 heteroatoms. The molecule has 5 nitrogen and oxygen atoms in total. The second-order valence-corrected chi connectivity index (χ2v) is 9.66. The molecule has 0 aromatic heterocycles. The van der Waals surface area contributed by atoms with Gasteiger partial charge in [-0.25, -0.2) is 0 Å². The van der Waals surface area contributed by atoms with Gasteiger partial charge in [0.2, 0.25) is 0 Å². The first-order valence-electron chi connectivity index (χ1n) is 11.0. The van der Waals surface area contributed by atoms with Crippen LogP contribution in [0.1, 0.15) is 54.1 Å². The standard InChI is InChI=1S/C26H30NO4P/c1-2-3-4-5-8-20-11-13-21(14-12-20)22-15-17-23(18-16-22)26(28)27-25-10-7-6-9-24(25)19-32(29,30)31/h6-7,9-18H,2-5,8,19H2,1H3,(H,27,28)(H2,29,30,31). The zero-order chi connectivity index (χ0) is 23.0. The van der Waals surface area contributed by atoms with Gasteiger partial charge in [-0.3, -0.25) is 9.36 Å². The van der Waals surface area contributed by atoms with Gasteiger partial charge in [-0.1, -0.05) is 80.8 Å². The Morgan fingerprint density at radius 2 is 1.47 bits per heavy atom. The van der Waals surface area contributed by atoms with Crippen molar-refractivity contribution in [3.63, 3.8) is 0 Å². The molecule has 3 N–H and O–H groups in total. The highest BCUT2D eigenvalue weighted by atomic mass is 31.2. The molecule has 3 aromatic carbocycles. The third-order valence-corrected chi connectivity index (χ3v) is 6.15. The van der Waals surface area contributed by atoms with Crippen LogP contribution in [0.15, 0.2) is 72.8 Å². The first-order valence-corrected chi connectivity index (χ1v) is 12.8. The van der Waals surface area contributed by atoms with Crippen LogP contribution in [-0.4, -0.2) is 15.7 Å². The highest BCUT2D eigenvalue weighted by molar-refractivity contribution is 7.50. The lowest BCUT2D eigenvalue weighted by Crippen LogP contribution is -2.13. The number of carbonyl (C=O) groups is 1. The van der Waals surface area contributed by atoms with Gasteiger partial charge in [-0.15, -0.1) is 0 Å². The largest absolute Gasteiger partial charge is 0.329 e. The molecule has 0 aliphatic rings. The molecule has 3 rings (SSSR count). The number of para-hydroxylation sites is 1. The second-order valence-electron chi connectivity index (χ2n) is 8.02. The van der Waals surface area contributed by atoms with Crippen molar-refractivity contribution in [2.75, 3.05) is 5.32 Å². The number of rotatable bonds is 10. The molecule has 168 valence electrons. The summed E-state index contributed by atoms with van der Waals surface area (Å²) in [6.45, 7) is 2.22. The SMILES string of the molecule is CCCCCCc1ccc(-c2ccc(C(=O)Nc3ccccc3CP(=O)(O)O)cc2)cc1. The van der Waals surface area contributed by atoms with Crippen LogP contribution in [-0.2, 0) is 17.1 Å². The van der Waals surface area contributed by atoms with Crippen LogP contribution in [0.2, 0.25) is 0 Å². The Labute approximate surface area is 189 Å². The summed E-state index contributed by atoms with van der Waals surface area (Å²) in [6.07, 6.45) is 5.69. The molecule has 0 radical (unpaired) electrons. The summed E-state index contributed by atoms with van der Waals surface area (Å²) in [5, 5.41) is 2.76. The Hall–Kier alpha value is -2.72. The Bertz CT molecular complexity index is 1070. The fourth-order valence-corrected chi connectivity index (χ4v) is 4.35. The van der Waals surface area contributed by atoms with Gasteiger partial charge >= 0.3 is 7.60 Å². The lowest BCUT2D eigenvalue weighted by Gasteiger charge is -2.12. The maximum atomic E-state index is 12.7. The van der Waals surface area contributed by atoms with Gasteiger partial charge in [-0.2, -0.15) is 0 Å². The first kappa shape index (κ1) is 23.9. The van der Waals surface area contributed by atoms with Gasteiger partial charge in [0.05, 0.1) is 6.16 Å².